The largest absolute Gasteiger partial charge is 0.573 e. The van der Waals surface area contributed by atoms with Gasteiger partial charge in [-0.1, -0.05) is 0 Å². The molecule has 0 aliphatic rings. The predicted octanol–water partition coefficient (Wildman–Crippen LogP) is 2.47. The van der Waals surface area contributed by atoms with E-state index >= 15 is 0 Å². The maximum atomic E-state index is 13.2. The van der Waals surface area contributed by atoms with E-state index in [2.05, 4.69) is 10.5 Å². The van der Waals surface area contributed by atoms with Crippen molar-refractivity contribution in [2.24, 2.45) is 5.73 Å². The van der Waals surface area contributed by atoms with Crippen molar-refractivity contribution in [1.29, 1.82) is 0 Å². The highest BCUT2D eigenvalue weighted by atomic mass is 19.4. The van der Waals surface area contributed by atoms with Gasteiger partial charge in [-0.05, 0) is 30.7 Å². The molecule has 0 aliphatic heterocycles. The molecule has 0 unspecified atom stereocenters. The van der Waals surface area contributed by atoms with Crippen LogP contribution in [0.5, 0.6) is 5.75 Å². The number of nitrogens with two attached hydrogens (primary N) is 1. The Bertz CT molecular complexity index is 470. The van der Waals surface area contributed by atoms with Crippen molar-refractivity contribution < 1.29 is 31.5 Å². The summed E-state index contributed by atoms with van der Waals surface area (Å²) in [6, 6.07) is 2.07. The van der Waals surface area contributed by atoms with Crippen LogP contribution in [0.3, 0.4) is 0 Å². The van der Waals surface area contributed by atoms with Gasteiger partial charge in [0, 0.05) is 5.56 Å². The molecule has 0 radical (unpaired) electrons. The highest BCUT2D eigenvalue weighted by Gasteiger charge is 2.39. The maximum Gasteiger partial charge on any atom is 0.573 e. The van der Waals surface area contributed by atoms with Gasteiger partial charge in [0.15, 0.2) is 0 Å². The van der Waals surface area contributed by atoms with Gasteiger partial charge in [-0.25, -0.2) is 0 Å². The summed E-state index contributed by atoms with van der Waals surface area (Å²) in [5.41, 5.74) is 3.51. The number of halogens is 5. The van der Waals surface area contributed by atoms with E-state index in [0.29, 0.717) is 18.2 Å². The molecule has 18 heavy (non-hydrogen) atoms. The molecule has 3 nitrogen and oxygen atoms in total. The van der Waals surface area contributed by atoms with Crippen LogP contribution in [0.15, 0.2) is 18.2 Å². The summed E-state index contributed by atoms with van der Waals surface area (Å²) in [5.74, 6) is -6.44. The number of amides is 1. The summed E-state index contributed by atoms with van der Waals surface area (Å²) in [7, 11) is 0. The Kier molecular flexibility index (Phi) is 3.50. The minimum atomic E-state index is -4.92. The Morgan fingerprint density at radius 1 is 1.22 bits per heavy atom. The monoisotopic (exact) mass is 269 g/mol. The number of aryl methyl sites for hydroxylation is 1. The quantitative estimate of drug-likeness (QED) is 0.857. The molecular weight excluding hydrogens is 261 g/mol. The number of carbonyl (C=O) groups is 1. The lowest BCUT2D eigenvalue weighted by Gasteiger charge is -2.16. The van der Waals surface area contributed by atoms with E-state index in [1.807, 2.05) is 0 Å². The Labute approximate surface area is 98.3 Å². The van der Waals surface area contributed by atoms with Gasteiger partial charge in [-0.3, -0.25) is 4.79 Å². The zero-order valence-corrected chi connectivity index (χ0v) is 9.02. The molecule has 0 heterocycles. The van der Waals surface area contributed by atoms with Crippen molar-refractivity contribution in [3.05, 3.63) is 29.3 Å². The van der Waals surface area contributed by atoms with Gasteiger partial charge in [-0.15, -0.1) is 13.2 Å². The van der Waals surface area contributed by atoms with E-state index in [0.717, 1.165) is 6.92 Å². The first kappa shape index (κ1) is 14.2. The highest BCUT2D eigenvalue weighted by Crippen LogP contribution is 2.32. The van der Waals surface area contributed by atoms with Gasteiger partial charge >= 0.3 is 12.3 Å². The average Bonchev–Trinajstić information content (AvgIpc) is 2.18. The van der Waals surface area contributed by atoms with Crippen molar-refractivity contribution >= 4 is 5.91 Å². The van der Waals surface area contributed by atoms with Crippen LogP contribution in [0.25, 0.3) is 0 Å². The second-order valence-electron chi connectivity index (χ2n) is 3.47. The van der Waals surface area contributed by atoms with Crippen LogP contribution < -0.4 is 10.5 Å². The van der Waals surface area contributed by atoms with E-state index in [-0.39, 0.29) is 5.56 Å². The molecule has 0 atom stereocenters. The van der Waals surface area contributed by atoms with Crippen molar-refractivity contribution in [2.45, 2.75) is 19.2 Å². The third-order valence-corrected chi connectivity index (χ3v) is 2.07. The molecule has 0 saturated heterocycles. The summed E-state index contributed by atoms with van der Waals surface area (Å²) < 4.78 is 65.8. The molecule has 0 bridgehead atoms. The van der Waals surface area contributed by atoms with Gasteiger partial charge in [-0.2, -0.15) is 8.78 Å². The van der Waals surface area contributed by atoms with Crippen LogP contribution >= 0.6 is 0 Å². The normalized spacial score (nSPS) is 12.3. The molecule has 100 valence electrons. The summed E-state index contributed by atoms with van der Waals surface area (Å²) in [4.78, 5) is 10.5. The number of rotatable bonds is 3. The number of ether oxygens (including phenoxy) is 1. The van der Waals surface area contributed by atoms with Crippen LogP contribution in [0.1, 0.15) is 11.1 Å². The number of hydrogen-bond donors (Lipinski definition) is 1. The van der Waals surface area contributed by atoms with Gasteiger partial charge < -0.3 is 10.5 Å². The number of alkyl halides is 5. The molecule has 2 N–H and O–H groups in total. The third kappa shape index (κ3) is 3.08. The first-order valence-corrected chi connectivity index (χ1v) is 4.58. The molecule has 0 aromatic heterocycles. The Morgan fingerprint density at radius 3 is 2.17 bits per heavy atom. The van der Waals surface area contributed by atoms with Crippen molar-refractivity contribution in [3.8, 4) is 5.75 Å². The summed E-state index contributed by atoms with van der Waals surface area (Å²) >= 11 is 0. The van der Waals surface area contributed by atoms with E-state index in [1.165, 1.54) is 0 Å². The Morgan fingerprint density at radius 2 is 1.78 bits per heavy atom. The van der Waals surface area contributed by atoms with Gasteiger partial charge in [0.2, 0.25) is 0 Å². The standard InChI is InChI=1S/C10H8F5NO2/c1-5-4-6(9(11,12)8(16)17)2-3-7(5)18-10(13,14)15/h2-4H,1H3,(H2,16,17). The molecule has 8 heteroatoms. The lowest BCUT2D eigenvalue weighted by Crippen LogP contribution is -2.33. The smallest absolute Gasteiger partial charge is 0.406 e. The van der Waals surface area contributed by atoms with E-state index in [4.69, 9.17) is 0 Å². The van der Waals surface area contributed by atoms with E-state index in [9.17, 15) is 26.7 Å². The van der Waals surface area contributed by atoms with Crippen LogP contribution in [0.2, 0.25) is 0 Å². The third-order valence-electron chi connectivity index (χ3n) is 2.07. The topological polar surface area (TPSA) is 52.3 Å². The summed E-state index contributed by atoms with van der Waals surface area (Å²) in [6.07, 6.45) is -4.92. The average molecular weight is 269 g/mol. The molecule has 0 saturated carbocycles. The van der Waals surface area contributed by atoms with Crippen LogP contribution in [0, 0.1) is 6.92 Å². The minimum Gasteiger partial charge on any atom is -0.406 e. The van der Waals surface area contributed by atoms with Crippen LogP contribution in [0.4, 0.5) is 22.0 Å². The first-order valence-electron chi connectivity index (χ1n) is 4.58. The fourth-order valence-electron chi connectivity index (χ4n) is 1.23. The zero-order chi connectivity index (χ0) is 14.1. The van der Waals surface area contributed by atoms with Crippen molar-refractivity contribution in [2.75, 3.05) is 0 Å². The summed E-state index contributed by atoms with van der Waals surface area (Å²) in [5, 5.41) is 0. The lowest BCUT2D eigenvalue weighted by molar-refractivity contribution is -0.274. The van der Waals surface area contributed by atoms with E-state index < -0.39 is 29.5 Å². The molecule has 1 rings (SSSR count). The molecule has 0 spiro atoms. The fraction of sp³-hybridized carbons (Fsp3) is 0.300. The zero-order valence-electron chi connectivity index (χ0n) is 9.02. The minimum absolute atomic E-state index is 0.189. The number of carbonyl (C=O) groups excluding carboxylic acids is 1. The summed E-state index contributed by atoms with van der Waals surface area (Å²) in [6.45, 7) is 1.14. The maximum absolute atomic E-state index is 13.2. The van der Waals surface area contributed by atoms with Crippen molar-refractivity contribution in [1.82, 2.24) is 0 Å². The van der Waals surface area contributed by atoms with Crippen LogP contribution in [-0.2, 0) is 10.7 Å². The number of benzene rings is 1. The first-order chi connectivity index (χ1) is 8.04. The molecule has 1 aromatic rings. The Balaban J connectivity index is 3.11. The van der Waals surface area contributed by atoms with Crippen molar-refractivity contribution in [3.63, 3.8) is 0 Å². The molecule has 1 amide bonds. The molecule has 0 aliphatic carbocycles. The Hall–Kier alpha value is -1.86. The fourth-order valence-corrected chi connectivity index (χ4v) is 1.23. The second-order valence-corrected chi connectivity index (χ2v) is 3.47. The van der Waals surface area contributed by atoms with Crippen LogP contribution in [-0.4, -0.2) is 12.3 Å². The number of primary amides is 1. The van der Waals surface area contributed by atoms with Gasteiger partial charge in [0.25, 0.3) is 5.91 Å². The van der Waals surface area contributed by atoms with E-state index in [1.54, 1.807) is 0 Å². The predicted molar refractivity (Wildman–Crippen MR) is 51.0 cm³/mol. The SMILES string of the molecule is Cc1cc(C(F)(F)C(N)=O)ccc1OC(F)(F)F. The number of hydrogen-bond acceptors (Lipinski definition) is 2. The highest BCUT2D eigenvalue weighted by molar-refractivity contribution is 5.83. The molecular formula is C10H8F5NO2. The van der Waals surface area contributed by atoms with Gasteiger partial charge in [0.05, 0.1) is 0 Å². The second kappa shape index (κ2) is 4.43. The van der Waals surface area contributed by atoms with Gasteiger partial charge in [0.1, 0.15) is 5.75 Å². The molecule has 0 fully saturated rings. The molecule has 1 aromatic carbocycles. The lowest BCUT2D eigenvalue weighted by atomic mass is 10.0.